The Balaban J connectivity index is 2.18. The molecule has 1 aromatic carbocycles. The lowest BCUT2D eigenvalue weighted by Crippen LogP contribution is -2.42. The van der Waals surface area contributed by atoms with Crippen LogP contribution < -0.4 is 5.11 Å². The first-order valence-electron chi connectivity index (χ1n) is 7.34. The number of aromatic carboxylic acids is 1. The van der Waals surface area contributed by atoms with E-state index in [0.29, 0.717) is 19.4 Å². The molecular formula is C15H18NO6S-. The summed E-state index contributed by atoms with van der Waals surface area (Å²) < 4.78 is 31.4. The summed E-state index contributed by atoms with van der Waals surface area (Å²) in [4.78, 5) is 22.5. The molecule has 0 saturated carbocycles. The molecule has 1 aliphatic heterocycles. The average Bonchev–Trinajstić information content (AvgIpc) is 2.55. The van der Waals surface area contributed by atoms with E-state index >= 15 is 0 Å². The summed E-state index contributed by atoms with van der Waals surface area (Å²) in [5.41, 5.74) is -0.0907. The highest BCUT2D eigenvalue weighted by Crippen LogP contribution is 2.24. The van der Waals surface area contributed by atoms with Crippen molar-refractivity contribution < 1.29 is 27.9 Å². The standard InChI is InChI=1S/C15H19NO6S/c1-2-22-15(19)12-4-3-9-16(10-12)23(20,21)13-7-5-11(6-8-13)14(17)18/h5-8,12H,2-4,9-10H2,1H3,(H,17,18)/p-1/t12-/m0/s1. The van der Waals surface area contributed by atoms with Gasteiger partial charge in [0.05, 0.1) is 23.4 Å². The molecule has 0 bridgehead atoms. The topological polar surface area (TPSA) is 104 Å². The Hall–Kier alpha value is -1.93. The van der Waals surface area contributed by atoms with Gasteiger partial charge in [-0.3, -0.25) is 4.79 Å². The molecule has 0 aromatic heterocycles. The van der Waals surface area contributed by atoms with Crippen LogP contribution >= 0.6 is 0 Å². The number of sulfonamides is 1. The summed E-state index contributed by atoms with van der Waals surface area (Å²) in [6.45, 7) is 2.35. The van der Waals surface area contributed by atoms with Crippen LogP contribution in [0.1, 0.15) is 30.1 Å². The molecule has 0 N–H and O–H groups in total. The summed E-state index contributed by atoms with van der Waals surface area (Å²) in [5.74, 6) is -2.23. The molecule has 23 heavy (non-hydrogen) atoms. The van der Waals surface area contributed by atoms with Gasteiger partial charge in [-0.05, 0) is 37.5 Å². The van der Waals surface area contributed by atoms with E-state index in [1.807, 2.05) is 0 Å². The fourth-order valence-corrected chi connectivity index (χ4v) is 4.05. The van der Waals surface area contributed by atoms with E-state index in [-0.39, 0.29) is 29.6 Å². The maximum absolute atomic E-state index is 12.6. The molecule has 1 aliphatic rings. The second-order valence-electron chi connectivity index (χ2n) is 5.27. The van der Waals surface area contributed by atoms with Crippen molar-refractivity contribution in [3.05, 3.63) is 29.8 Å². The summed E-state index contributed by atoms with van der Waals surface area (Å²) >= 11 is 0. The van der Waals surface area contributed by atoms with Gasteiger partial charge in [-0.2, -0.15) is 4.31 Å². The predicted octanol–water partition coefficient (Wildman–Crippen LogP) is 0.0139. The lowest BCUT2D eigenvalue weighted by molar-refractivity contribution is -0.255. The molecule has 0 radical (unpaired) electrons. The van der Waals surface area contributed by atoms with Crippen LogP contribution in [0.25, 0.3) is 0 Å². The lowest BCUT2D eigenvalue weighted by atomic mass is 10.0. The van der Waals surface area contributed by atoms with Gasteiger partial charge < -0.3 is 14.6 Å². The number of ether oxygens (including phenoxy) is 1. The number of piperidine rings is 1. The van der Waals surface area contributed by atoms with E-state index in [4.69, 9.17) is 4.74 Å². The second-order valence-corrected chi connectivity index (χ2v) is 7.20. The maximum Gasteiger partial charge on any atom is 0.310 e. The van der Waals surface area contributed by atoms with Gasteiger partial charge in [-0.15, -0.1) is 0 Å². The van der Waals surface area contributed by atoms with Crippen LogP contribution in [0, 0.1) is 5.92 Å². The van der Waals surface area contributed by atoms with Crippen molar-refractivity contribution >= 4 is 22.0 Å². The first kappa shape index (κ1) is 17.4. The predicted molar refractivity (Wildman–Crippen MR) is 78.9 cm³/mol. The molecule has 0 spiro atoms. The van der Waals surface area contributed by atoms with Gasteiger partial charge in [0, 0.05) is 13.1 Å². The smallest absolute Gasteiger partial charge is 0.310 e. The third kappa shape index (κ3) is 3.89. The molecule has 0 aliphatic carbocycles. The molecule has 0 amide bonds. The van der Waals surface area contributed by atoms with E-state index in [9.17, 15) is 23.1 Å². The van der Waals surface area contributed by atoms with Crippen LogP contribution in [-0.4, -0.2) is 44.4 Å². The normalized spacial score (nSPS) is 19.3. The van der Waals surface area contributed by atoms with Gasteiger partial charge in [0.25, 0.3) is 0 Å². The molecule has 1 heterocycles. The van der Waals surface area contributed by atoms with Crippen LogP contribution in [0.3, 0.4) is 0 Å². The zero-order chi connectivity index (χ0) is 17.0. The summed E-state index contributed by atoms with van der Waals surface area (Å²) in [6, 6.07) is 4.84. The van der Waals surface area contributed by atoms with E-state index in [1.54, 1.807) is 6.92 Å². The van der Waals surface area contributed by atoms with Gasteiger partial charge in [-0.25, -0.2) is 8.42 Å². The number of carbonyl (C=O) groups excluding carboxylic acids is 2. The minimum atomic E-state index is -3.77. The second kappa shape index (κ2) is 7.10. The van der Waals surface area contributed by atoms with Gasteiger partial charge in [0.1, 0.15) is 0 Å². The fourth-order valence-electron chi connectivity index (χ4n) is 2.53. The molecule has 2 rings (SSSR count). The lowest BCUT2D eigenvalue weighted by Gasteiger charge is -2.30. The largest absolute Gasteiger partial charge is 0.545 e. The van der Waals surface area contributed by atoms with Crippen LogP contribution in [0.15, 0.2) is 29.2 Å². The Morgan fingerprint density at radius 2 is 1.96 bits per heavy atom. The average molecular weight is 340 g/mol. The number of carboxylic acids is 1. The van der Waals surface area contributed by atoms with Crippen LogP contribution in [0.2, 0.25) is 0 Å². The van der Waals surface area contributed by atoms with Crippen molar-refractivity contribution in [3.8, 4) is 0 Å². The first-order chi connectivity index (χ1) is 10.9. The Morgan fingerprint density at radius 1 is 1.30 bits per heavy atom. The SMILES string of the molecule is CCOC(=O)[C@H]1CCCN(S(=O)(=O)c2ccc(C(=O)[O-])cc2)C1. The van der Waals surface area contributed by atoms with Crippen LogP contribution in [-0.2, 0) is 19.6 Å². The summed E-state index contributed by atoms with van der Waals surface area (Å²) in [6.07, 6.45) is 1.16. The van der Waals surface area contributed by atoms with Crippen molar-refractivity contribution in [2.45, 2.75) is 24.7 Å². The third-order valence-electron chi connectivity index (χ3n) is 3.73. The Labute approximate surface area is 134 Å². The van der Waals surface area contributed by atoms with Crippen LogP contribution in [0.5, 0.6) is 0 Å². The number of benzene rings is 1. The number of rotatable bonds is 5. The first-order valence-corrected chi connectivity index (χ1v) is 8.78. The van der Waals surface area contributed by atoms with E-state index < -0.39 is 21.9 Å². The van der Waals surface area contributed by atoms with Crippen molar-refractivity contribution in [1.82, 2.24) is 4.31 Å². The zero-order valence-corrected chi connectivity index (χ0v) is 13.5. The monoisotopic (exact) mass is 340 g/mol. The highest BCUT2D eigenvalue weighted by Gasteiger charge is 2.33. The van der Waals surface area contributed by atoms with Crippen molar-refractivity contribution in [3.63, 3.8) is 0 Å². The molecule has 7 nitrogen and oxygen atoms in total. The third-order valence-corrected chi connectivity index (χ3v) is 5.61. The summed E-state index contributed by atoms with van der Waals surface area (Å²) in [7, 11) is -3.77. The zero-order valence-electron chi connectivity index (χ0n) is 12.7. The molecule has 8 heteroatoms. The number of carboxylic acid groups (broad SMARTS) is 1. The number of nitrogens with zero attached hydrogens (tertiary/aromatic N) is 1. The number of hydrogen-bond acceptors (Lipinski definition) is 6. The molecule has 1 fully saturated rings. The Morgan fingerprint density at radius 3 is 2.52 bits per heavy atom. The highest BCUT2D eigenvalue weighted by molar-refractivity contribution is 7.89. The Kier molecular flexibility index (Phi) is 5.38. The van der Waals surface area contributed by atoms with Gasteiger partial charge in [-0.1, -0.05) is 12.1 Å². The molecule has 126 valence electrons. The molecule has 0 unspecified atom stereocenters. The fraction of sp³-hybridized carbons (Fsp3) is 0.467. The van der Waals surface area contributed by atoms with Crippen molar-refractivity contribution in [2.24, 2.45) is 5.92 Å². The molecule has 1 atom stereocenters. The minimum Gasteiger partial charge on any atom is -0.545 e. The van der Waals surface area contributed by atoms with Crippen molar-refractivity contribution in [2.75, 3.05) is 19.7 Å². The minimum absolute atomic E-state index is 0.00740. The molecule has 1 saturated heterocycles. The van der Waals surface area contributed by atoms with Crippen LogP contribution in [0.4, 0.5) is 0 Å². The van der Waals surface area contributed by atoms with Gasteiger partial charge in [0.2, 0.25) is 10.0 Å². The number of carbonyl (C=O) groups is 2. The number of esters is 1. The van der Waals surface area contributed by atoms with Gasteiger partial charge in [0.15, 0.2) is 0 Å². The van der Waals surface area contributed by atoms with E-state index in [1.165, 1.54) is 28.6 Å². The Bertz CT molecular complexity index is 682. The highest BCUT2D eigenvalue weighted by atomic mass is 32.2. The molecule has 1 aromatic rings. The van der Waals surface area contributed by atoms with Crippen molar-refractivity contribution in [1.29, 1.82) is 0 Å². The van der Waals surface area contributed by atoms with E-state index in [0.717, 1.165) is 0 Å². The molecular weight excluding hydrogens is 322 g/mol. The maximum atomic E-state index is 12.6. The quantitative estimate of drug-likeness (QED) is 0.700. The van der Waals surface area contributed by atoms with Gasteiger partial charge >= 0.3 is 5.97 Å². The number of hydrogen-bond donors (Lipinski definition) is 0. The summed E-state index contributed by atoms with van der Waals surface area (Å²) in [5, 5.41) is 10.7. The van der Waals surface area contributed by atoms with E-state index in [2.05, 4.69) is 0 Å².